The van der Waals surface area contributed by atoms with Gasteiger partial charge < -0.3 is 15.4 Å². The molecular weight excluding hydrogens is 326 g/mol. The van der Waals surface area contributed by atoms with Crippen LogP contribution in [0.1, 0.15) is 19.4 Å². The molecule has 7 heteroatoms. The Bertz CT molecular complexity index is 992. The Balaban J connectivity index is 2.22. The van der Waals surface area contributed by atoms with E-state index in [0.717, 1.165) is 16.6 Å². The van der Waals surface area contributed by atoms with Crippen molar-refractivity contribution in [1.82, 2.24) is 19.5 Å². The first-order chi connectivity index (χ1) is 11.2. The predicted octanol–water partition coefficient (Wildman–Crippen LogP) is 2.39. The van der Waals surface area contributed by atoms with Gasteiger partial charge in [0.1, 0.15) is 11.2 Å². The first-order valence-corrected chi connectivity index (χ1v) is 7.61. The molecule has 0 aromatic carbocycles. The Kier molecular flexibility index (Phi) is 3.91. The second-order valence-electron chi connectivity index (χ2n) is 5.98. The van der Waals surface area contributed by atoms with Gasteiger partial charge in [-0.25, -0.2) is 15.0 Å². The number of fused-ring (bicyclic) bond motifs is 1. The number of anilines is 1. The third-order valence-electron chi connectivity index (χ3n) is 3.34. The van der Waals surface area contributed by atoms with E-state index in [1.165, 1.54) is 6.20 Å². The fourth-order valence-corrected chi connectivity index (χ4v) is 2.51. The van der Waals surface area contributed by atoms with Gasteiger partial charge in [0.2, 0.25) is 5.95 Å². The highest BCUT2D eigenvalue weighted by Gasteiger charge is 2.15. The van der Waals surface area contributed by atoms with E-state index in [2.05, 4.69) is 26.8 Å². The van der Waals surface area contributed by atoms with Crippen LogP contribution < -0.4 is 5.73 Å². The van der Waals surface area contributed by atoms with Crippen LogP contribution in [0.15, 0.2) is 24.7 Å². The highest BCUT2D eigenvalue weighted by Crippen LogP contribution is 2.32. The molecule has 122 valence electrons. The molecule has 3 aromatic rings. The second-order valence-corrected chi connectivity index (χ2v) is 6.39. The maximum Gasteiger partial charge on any atom is 0.220 e. The van der Waals surface area contributed by atoms with Crippen molar-refractivity contribution in [2.24, 2.45) is 7.05 Å². The normalized spacial score (nSPS) is 11.4. The Hall–Kier alpha value is -2.62. The number of nitrogens with two attached hydrogens (primary N) is 1. The van der Waals surface area contributed by atoms with Crippen LogP contribution in [0.2, 0.25) is 5.02 Å². The van der Waals surface area contributed by atoms with E-state index in [-0.39, 0.29) is 5.95 Å². The van der Waals surface area contributed by atoms with Crippen molar-refractivity contribution < 1.29 is 5.11 Å². The number of nitrogens with zero attached hydrogens (tertiary/aromatic N) is 4. The predicted molar refractivity (Wildman–Crippen MR) is 94.3 cm³/mol. The number of halogens is 1. The van der Waals surface area contributed by atoms with Crippen LogP contribution in [0.25, 0.3) is 22.3 Å². The quantitative estimate of drug-likeness (QED) is 0.663. The fourth-order valence-electron chi connectivity index (χ4n) is 2.31. The smallest absolute Gasteiger partial charge is 0.220 e. The third-order valence-corrected chi connectivity index (χ3v) is 3.62. The zero-order chi connectivity index (χ0) is 17.5. The summed E-state index contributed by atoms with van der Waals surface area (Å²) in [6, 6.07) is 1.89. The minimum atomic E-state index is -1.07. The fraction of sp³-hybridized carbons (Fsp3) is 0.235. The molecule has 0 aliphatic rings. The molecule has 24 heavy (non-hydrogen) atoms. The number of aromatic nitrogens is 4. The number of hydrogen-bond donors (Lipinski definition) is 2. The first-order valence-electron chi connectivity index (χ1n) is 7.23. The van der Waals surface area contributed by atoms with Gasteiger partial charge in [-0.1, -0.05) is 23.4 Å². The molecule has 6 nitrogen and oxygen atoms in total. The standard InChI is InChI=1S/C17H16ClN5O/c1-17(2,24)5-4-10-6-11-12(9-23(3)15(11)20-7-10)14-13(18)8-21-16(19)22-14/h6-9,24H,1-3H3,(H2,19,21,22). The monoisotopic (exact) mass is 341 g/mol. The topological polar surface area (TPSA) is 89.9 Å². The molecule has 0 saturated heterocycles. The molecule has 3 N–H and O–H groups in total. The van der Waals surface area contributed by atoms with E-state index in [1.807, 2.05) is 23.9 Å². The molecule has 0 atom stereocenters. The number of aliphatic hydroxyl groups is 1. The average molecular weight is 342 g/mol. The van der Waals surface area contributed by atoms with E-state index in [4.69, 9.17) is 17.3 Å². The van der Waals surface area contributed by atoms with Gasteiger partial charge in [-0.3, -0.25) is 0 Å². The summed E-state index contributed by atoms with van der Waals surface area (Å²) in [5, 5.41) is 11.0. The van der Waals surface area contributed by atoms with Gasteiger partial charge in [0.15, 0.2) is 0 Å². The van der Waals surface area contributed by atoms with Gasteiger partial charge in [0.05, 0.1) is 16.9 Å². The van der Waals surface area contributed by atoms with Crippen molar-refractivity contribution >= 4 is 28.6 Å². The molecule has 0 fully saturated rings. The lowest BCUT2D eigenvalue weighted by atomic mass is 10.1. The number of aryl methyl sites for hydroxylation is 1. The minimum Gasteiger partial charge on any atom is -0.378 e. The molecule has 3 heterocycles. The summed E-state index contributed by atoms with van der Waals surface area (Å²) < 4.78 is 1.88. The Morgan fingerprint density at radius 2 is 2.04 bits per heavy atom. The Labute approximate surface area is 144 Å². The first kappa shape index (κ1) is 16.2. The highest BCUT2D eigenvalue weighted by atomic mass is 35.5. The van der Waals surface area contributed by atoms with E-state index >= 15 is 0 Å². The lowest BCUT2D eigenvalue weighted by molar-refractivity contribution is 0.143. The summed E-state index contributed by atoms with van der Waals surface area (Å²) >= 11 is 6.23. The van der Waals surface area contributed by atoms with Crippen LogP contribution in [0.5, 0.6) is 0 Å². The third kappa shape index (κ3) is 3.18. The van der Waals surface area contributed by atoms with Crippen LogP contribution in [0, 0.1) is 11.8 Å². The molecule has 0 bridgehead atoms. The summed E-state index contributed by atoms with van der Waals surface area (Å²) in [7, 11) is 1.89. The summed E-state index contributed by atoms with van der Waals surface area (Å²) in [6.07, 6.45) is 5.03. The number of pyridine rings is 1. The van der Waals surface area contributed by atoms with Gasteiger partial charge in [0, 0.05) is 36.0 Å². The highest BCUT2D eigenvalue weighted by molar-refractivity contribution is 6.33. The van der Waals surface area contributed by atoms with Crippen LogP contribution >= 0.6 is 11.6 Å². The van der Waals surface area contributed by atoms with Crippen molar-refractivity contribution in [1.29, 1.82) is 0 Å². The molecule has 3 aromatic heterocycles. The van der Waals surface area contributed by atoms with E-state index in [0.29, 0.717) is 16.3 Å². The van der Waals surface area contributed by atoms with Crippen molar-refractivity contribution in [3.8, 4) is 23.1 Å². The number of rotatable bonds is 1. The van der Waals surface area contributed by atoms with E-state index < -0.39 is 5.60 Å². The van der Waals surface area contributed by atoms with Crippen LogP contribution in [-0.4, -0.2) is 30.2 Å². The Morgan fingerprint density at radius 3 is 2.75 bits per heavy atom. The summed E-state index contributed by atoms with van der Waals surface area (Å²) in [4.78, 5) is 12.6. The summed E-state index contributed by atoms with van der Waals surface area (Å²) in [5.74, 6) is 5.86. The molecule has 0 radical (unpaired) electrons. The van der Waals surface area contributed by atoms with E-state index in [9.17, 15) is 5.11 Å². The molecule has 0 aliphatic heterocycles. The number of nitrogen functional groups attached to an aromatic ring is 1. The maximum absolute atomic E-state index is 9.75. The zero-order valence-electron chi connectivity index (χ0n) is 13.5. The van der Waals surface area contributed by atoms with Crippen molar-refractivity contribution in [3.05, 3.63) is 35.2 Å². The lowest BCUT2D eigenvalue weighted by Gasteiger charge is -2.06. The molecule has 0 saturated carbocycles. The lowest BCUT2D eigenvalue weighted by Crippen LogP contribution is -2.14. The largest absolute Gasteiger partial charge is 0.378 e. The average Bonchev–Trinajstić information content (AvgIpc) is 2.83. The van der Waals surface area contributed by atoms with Gasteiger partial charge in [-0.15, -0.1) is 0 Å². The van der Waals surface area contributed by atoms with Crippen LogP contribution in [0.3, 0.4) is 0 Å². The van der Waals surface area contributed by atoms with Crippen molar-refractivity contribution in [3.63, 3.8) is 0 Å². The van der Waals surface area contributed by atoms with Crippen molar-refractivity contribution in [2.75, 3.05) is 5.73 Å². The van der Waals surface area contributed by atoms with Gasteiger partial charge in [0.25, 0.3) is 0 Å². The molecule has 0 aliphatic carbocycles. The second kappa shape index (κ2) is 5.78. The molecule has 0 unspecified atom stereocenters. The van der Waals surface area contributed by atoms with E-state index in [1.54, 1.807) is 20.0 Å². The summed E-state index contributed by atoms with van der Waals surface area (Å²) in [6.45, 7) is 3.26. The van der Waals surface area contributed by atoms with Crippen LogP contribution in [-0.2, 0) is 7.05 Å². The Morgan fingerprint density at radius 1 is 1.29 bits per heavy atom. The molecule has 0 spiro atoms. The van der Waals surface area contributed by atoms with Gasteiger partial charge in [-0.05, 0) is 19.9 Å². The molecule has 0 amide bonds. The minimum absolute atomic E-state index is 0.150. The SMILES string of the molecule is Cn1cc(-c2nc(N)ncc2Cl)c2cc(C#CC(C)(C)O)cnc21. The van der Waals surface area contributed by atoms with Gasteiger partial charge in [-0.2, -0.15) is 0 Å². The van der Waals surface area contributed by atoms with Gasteiger partial charge >= 0.3 is 0 Å². The molecular formula is C17H16ClN5O. The maximum atomic E-state index is 9.75. The van der Waals surface area contributed by atoms with Crippen molar-refractivity contribution in [2.45, 2.75) is 19.4 Å². The van der Waals surface area contributed by atoms with Crippen LogP contribution in [0.4, 0.5) is 5.95 Å². The summed E-state index contributed by atoms with van der Waals surface area (Å²) in [5.41, 5.74) is 7.42. The molecule has 3 rings (SSSR count). The number of hydrogen-bond acceptors (Lipinski definition) is 5. The zero-order valence-corrected chi connectivity index (χ0v) is 14.3.